The van der Waals surface area contributed by atoms with E-state index in [1.54, 1.807) is 0 Å². The molecule has 1 amide bonds. The van der Waals surface area contributed by atoms with Crippen molar-refractivity contribution in [3.63, 3.8) is 0 Å². The van der Waals surface area contributed by atoms with Gasteiger partial charge in [-0.3, -0.25) is 4.79 Å². The highest BCUT2D eigenvalue weighted by Crippen LogP contribution is 2.45. The third-order valence-corrected chi connectivity index (χ3v) is 6.70. The number of allylic oxidation sites excluding steroid dienone is 2. The Bertz CT molecular complexity index is 806. The van der Waals surface area contributed by atoms with Crippen molar-refractivity contribution in [1.82, 2.24) is 15.3 Å². The Kier molecular flexibility index (Phi) is 4.07. The highest BCUT2D eigenvalue weighted by atomic mass is 16.1. The second kappa shape index (κ2) is 6.57. The molecule has 2 aromatic rings. The van der Waals surface area contributed by atoms with Crippen molar-refractivity contribution in [2.24, 2.45) is 17.8 Å². The van der Waals surface area contributed by atoms with E-state index in [0.717, 1.165) is 48.5 Å². The van der Waals surface area contributed by atoms with Crippen LogP contribution >= 0.6 is 0 Å². The Morgan fingerprint density at radius 1 is 1.15 bits per heavy atom. The van der Waals surface area contributed by atoms with Crippen LogP contribution in [0.25, 0.3) is 11.0 Å². The lowest BCUT2D eigenvalue weighted by atomic mass is 9.84. The third-order valence-electron chi connectivity index (χ3n) is 6.70. The summed E-state index contributed by atoms with van der Waals surface area (Å²) in [5.74, 6) is 3.73. The van der Waals surface area contributed by atoms with Crippen LogP contribution in [0, 0.1) is 17.8 Å². The molecule has 5 rings (SSSR count). The number of fused-ring (bicyclic) bond motifs is 3. The van der Waals surface area contributed by atoms with Crippen molar-refractivity contribution >= 4 is 16.9 Å². The van der Waals surface area contributed by atoms with Gasteiger partial charge in [0.05, 0.1) is 11.0 Å². The molecule has 2 fully saturated rings. The molecular formula is C22H27N3O. The minimum Gasteiger partial charge on any atom is -0.353 e. The van der Waals surface area contributed by atoms with Gasteiger partial charge in [-0.25, -0.2) is 4.98 Å². The predicted molar refractivity (Wildman–Crippen MR) is 103 cm³/mol. The Morgan fingerprint density at radius 3 is 2.88 bits per heavy atom. The van der Waals surface area contributed by atoms with Crippen LogP contribution in [0.2, 0.25) is 0 Å². The zero-order chi connectivity index (χ0) is 17.5. The standard InChI is InChI=1S/C22H27N3O/c26-21(13-17-11-14-8-9-15(17)10-14)23-18-5-3-4-16(12-18)22-24-19-6-1-2-7-20(19)25-22/h1-2,6-9,14-18H,3-5,10-13H2,(H,23,26)(H,24,25)/t14-,15+,16?,17+,18?/m1/s1. The van der Waals surface area contributed by atoms with Gasteiger partial charge in [-0.2, -0.15) is 0 Å². The minimum absolute atomic E-state index is 0.256. The van der Waals surface area contributed by atoms with Crippen LogP contribution in [0.15, 0.2) is 36.4 Å². The Hall–Kier alpha value is -2.10. The van der Waals surface area contributed by atoms with Gasteiger partial charge in [0.15, 0.2) is 0 Å². The summed E-state index contributed by atoms with van der Waals surface area (Å²) in [6, 6.07) is 8.50. The largest absolute Gasteiger partial charge is 0.353 e. The molecule has 3 aliphatic carbocycles. The number of benzene rings is 1. The van der Waals surface area contributed by atoms with Gasteiger partial charge < -0.3 is 10.3 Å². The Balaban J connectivity index is 1.20. The van der Waals surface area contributed by atoms with Gasteiger partial charge in [-0.15, -0.1) is 0 Å². The molecule has 1 heterocycles. The molecule has 5 atom stereocenters. The summed E-state index contributed by atoms with van der Waals surface area (Å²) in [5.41, 5.74) is 2.15. The second-order valence-electron chi connectivity index (χ2n) is 8.51. The highest BCUT2D eigenvalue weighted by molar-refractivity contribution is 5.77. The molecule has 0 aliphatic heterocycles. The number of nitrogens with zero attached hydrogens (tertiary/aromatic N) is 1. The van der Waals surface area contributed by atoms with Gasteiger partial charge in [0.1, 0.15) is 5.82 Å². The van der Waals surface area contributed by atoms with Crippen LogP contribution in [0.5, 0.6) is 0 Å². The lowest BCUT2D eigenvalue weighted by Crippen LogP contribution is -2.39. The number of aromatic amines is 1. The zero-order valence-corrected chi connectivity index (χ0v) is 15.2. The summed E-state index contributed by atoms with van der Waals surface area (Å²) in [6.07, 6.45) is 12.3. The first-order valence-electron chi connectivity index (χ1n) is 10.2. The van der Waals surface area contributed by atoms with Crippen LogP contribution < -0.4 is 5.32 Å². The molecular weight excluding hydrogens is 322 g/mol. The number of carbonyl (C=O) groups is 1. The molecule has 26 heavy (non-hydrogen) atoms. The van der Waals surface area contributed by atoms with Gasteiger partial charge in [-0.1, -0.05) is 30.7 Å². The van der Waals surface area contributed by atoms with Crippen LogP contribution in [-0.2, 0) is 4.79 Å². The number of carbonyl (C=O) groups excluding carboxylic acids is 1. The fraction of sp³-hybridized carbons (Fsp3) is 0.545. The van der Waals surface area contributed by atoms with Crippen molar-refractivity contribution in [2.45, 2.75) is 56.9 Å². The molecule has 4 nitrogen and oxygen atoms in total. The van der Waals surface area contributed by atoms with Gasteiger partial charge in [0.25, 0.3) is 0 Å². The van der Waals surface area contributed by atoms with Crippen LogP contribution in [0.4, 0.5) is 0 Å². The number of rotatable bonds is 4. The number of aromatic nitrogens is 2. The molecule has 2 N–H and O–H groups in total. The van der Waals surface area contributed by atoms with Crippen molar-refractivity contribution in [1.29, 1.82) is 0 Å². The van der Waals surface area contributed by atoms with E-state index >= 15 is 0 Å². The summed E-state index contributed by atoms with van der Waals surface area (Å²) < 4.78 is 0. The molecule has 3 aliphatic rings. The van der Waals surface area contributed by atoms with E-state index in [1.165, 1.54) is 12.8 Å². The number of hydrogen-bond acceptors (Lipinski definition) is 2. The molecule has 1 aromatic heterocycles. The summed E-state index contributed by atoms with van der Waals surface area (Å²) in [6.45, 7) is 0. The monoisotopic (exact) mass is 349 g/mol. The maximum atomic E-state index is 12.6. The van der Waals surface area contributed by atoms with E-state index in [9.17, 15) is 4.79 Å². The van der Waals surface area contributed by atoms with Gasteiger partial charge >= 0.3 is 0 Å². The van der Waals surface area contributed by atoms with Gasteiger partial charge in [-0.05, 0) is 62.0 Å². The summed E-state index contributed by atoms with van der Waals surface area (Å²) in [7, 11) is 0. The molecule has 0 radical (unpaired) electrons. The number of amides is 1. The normalized spacial score (nSPS) is 33.0. The summed E-state index contributed by atoms with van der Waals surface area (Å²) >= 11 is 0. The van der Waals surface area contributed by atoms with Crippen molar-refractivity contribution in [3.05, 3.63) is 42.2 Å². The number of nitrogens with one attached hydrogen (secondary N) is 2. The first-order valence-corrected chi connectivity index (χ1v) is 10.2. The molecule has 1 aromatic carbocycles. The van der Waals surface area contributed by atoms with Gasteiger partial charge in [0.2, 0.25) is 5.91 Å². The van der Waals surface area contributed by atoms with E-state index < -0.39 is 0 Å². The summed E-state index contributed by atoms with van der Waals surface area (Å²) in [4.78, 5) is 20.8. The molecule has 2 saturated carbocycles. The number of imidazole rings is 1. The van der Waals surface area contributed by atoms with Crippen LogP contribution in [-0.4, -0.2) is 21.9 Å². The third kappa shape index (κ3) is 3.06. The molecule has 136 valence electrons. The van der Waals surface area contributed by atoms with E-state index in [4.69, 9.17) is 4.98 Å². The lowest BCUT2D eigenvalue weighted by molar-refractivity contribution is -0.123. The van der Waals surface area contributed by atoms with Crippen molar-refractivity contribution < 1.29 is 4.79 Å². The lowest BCUT2D eigenvalue weighted by Gasteiger charge is -2.29. The topological polar surface area (TPSA) is 57.8 Å². The fourth-order valence-electron chi connectivity index (χ4n) is 5.39. The zero-order valence-electron chi connectivity index (χ0n) is 15.2. The predicted octanol–water partition coefficient (Wildman–Crippen LogP) is 4.31. The Labute approximate surface area is 154 Å². The van der Waals surface area contributed by atoms with E-state index in [2.05, 4.69) is 34.6 Å². The molecule has 2 bridgehead atoms. The molecule has 0 spiro atoms. The average molecular weight is 349 g/mol. The molecule has 0 saturated heterocycles. The number of para-hydroxylation sites is 2. The van der Waals surface area contributed by atoms with Gasteiger partial charge in [0, 0.05) is 18.4 Å². The minimum atomic E-state index is 0.256. The highest BCUT2D eigenvalue weighted by Gasteiger charge is 2.37. The second-order valence-corrected chi connectivity index (χ2v) is 8.51. The smallest absolute Gasteiger partial charge is 0.220 e. The van der Waals surface area contributed by atoms with Crippen LogP contribution in [0.3, 0.4) is 0 Å². The Morgan fingerprint density at radius 2 is 2.08 bits per heavy atom. The summed E-state index contributed by atoms with van der Waals surface area (Å²) in [5, 5.41) is 3.33. The SMILES string of the molecule is O=C(C[C@@H]1C[C@@H]2C=C[C@H]1C2)NC1CCCC(c2nc3ccccc3[nH]2)C1. The first-order chi connectivity index (χ1) is 12.7. The van der Waals surface area contributed by atoms with Crippen molar-refractivity contribution in [2.75, 3.05) is 0 Å². The number of H-pyrrole nitrogens is 1. The van der Waals surface area contributed by atoms with E-state index in [0.29, 0.717) is 30.2 Å². The maximum absolute atomic E-state index is 12.6. The van der Waals surface area contributed by atoms with Crippen LogP contribution in [0.1, 0.15) is 56.7 Å². The number of hydrogen-bond donors (Lipinski definition) is 2. The molecule has 4 heteroatoms. The van der Waals surface area contributed by atoms with Crippen molar-refractivity contribution in [3.8, 4) is 0 Å². The fourth-order valence-corrected chi connectivity index (χ4v) is 5.39. The quantitative estimate of drug-likeness (QED) is 0.808. The average Bonchev–Trinajstić information content (AvgIpc) is 3.36. The maximum Gasteiger partial charge on any atom is 0.220 e. The molecule has 2 unspecified atom stereocenters. The van der Waals surface area contributed by atoms with E-state index in [-0.39, 0.29) is 5.91 Å². The van der Waals surface area contributed by atoms with E-state index in [1.807, 2.05) is 12.1 Å². The first kappa shape index (κ1) is 16.1.